The van der Waals surface area contributed by atoms with Crippen molar-refractivity contribution in [3.8, 4) is 0 Å². The van der Waals surface area contributed by atoms with Gasteiger partial charge in [-0.3, -0.25) is 0 Å². The number of hydrogen-bond acceptors (Lipinski definition) is 4. The lowest BCUT2D eigenvalue weighted by Gasteiger charge is -1.87. The van der Waals surface area contributed by atoms with E-state index >= 15 is 0 Å². The van der Waals surface area contributed by atoms with Crippen LogP contribution in [0.25, 0.3) is 11.2 Å². The van der Waals surface area contributed by atoms with Crippen molar-refractivity contribution in [2.24, 2.45) is 0 Å². The van der Waals surface area contributed by atoms with Crippen molar-refractivity contribution in [1.29, 1.82) is 0 Å². The molecule has 2 aromatic rings. The highest BCUT2D eigenvalue weighted by Gasteiger charge is 2.05. The van der Waals surface area contributed by atoms with E-state index in [4.69, 9.17) is 9.15 Å². The summed E-state index contributed by atoms with van der Waals surface area (Å²) in [6, 6.07) is 1.94. The van der Waals surface area contributed by atoms with Gasteiger partial charge in [-0.2, -0.15) is 0 Å². The Kier molecular flexibility index (Phi) is 1.98. The number of pyridine rings is 1. The SMILES string of the molecule is COCc1nc2cc(C)cnc2o1. The normalized spacial score (nSPS) is 10.9. The monoisotopic (exact) mass is 178 g/mol. The summed E-state index contributed by atoms with van der Waals surface area (Å²) in [6.07, 6.45) is 1.75. The second-order valence-corrected chi connectivity index (χ2v) is 2.88. The van der Waals surface area contributed by atoms with Crippen LogP contribution in [0.1, 0.15) is 11.5 Å². The van der Waals surface area contributed by atoms with E-state index < -0.39 is 0 Å². The lowest BCUT2D eigenvalue weighted by molar-refractivity contribution is 0.161. The first-order valence-electron chi connectivity index (χ1n) is 4.00. The first kappa shape index (κ1) is 8.19. The summed E-state index contributed by atoms with van der Waals surface area (Å²) >= 11 is 0. The molecular weight excluding hydrogens is 168 g/mol. The first-order valence-corrected chi connectivity index (χ1v) is 4.00. The molecule has 4 nitrogen and oxygen atoms in total. The highest BCUT2D eigenvalue weighted by molar-refractivity contribution is 5.68. The van der Waals surface area contributed by atoms with Crippen LogP contribution >= 0.6 is 0 Å². The Balaban J connectivity index is 2.49. The predicted molar refractivity (Wildman–Crippen MR) is 47.3 cm³/mol. The molecule has 0 unspecified atom stereocenters. The van der Waals surface area contributed by atoms with Crippen LogP contribution in [-0.4, -0.2) is 17.1 Å². The highest BCUT2D eigenvalue weighted by atomic mass is 16.5. The van der Waals surface area contributed by atoms with E-state index in [2.05, 4.69) is 9.97 Å². The number of nitrogens with zero attached hydrogens (tertiary/aromatic N) is 2. The van der Waals surface area contributed by atoms with Gasteiger partial charge in [0.25, 0.3) is 0 Å². The number of ether oxygens (including phenoxy) is 1. The summed E-state index contributed by atoms with van der Waals surface area (Å²) in [5.74, 6) is 0.565. The van der Waals surface area contributed by atoms with Gasteiger partial charge >= 0.3 is 0 Å². The zero-order chi connectivity index (χ0) is 9.26. The molecule has 2 aromatic heterocycles. The van der Waals surface area contributed by atoms with Crippen LogP contribution in [0.3, 0.4) is 0 Å². The minimum atomic E-state index is 0.384. The number of rotatable bonds is 2. The van der Waals surface area contributed by atoms with Crippen molar-refractivity contribution in [2.75, 3.05) is 7.11 Å². The Bertz CT molecular complexity index is 422. The standard InChI is InChI=1S/C9H10N2O2/c1-6-3-7-9(10-4-6)13-8(11-7)5-12-2/h3-4H,5H2,1-2H3. The number of oxazole rings is 1. The van der Waals surface area contributed by atoms with Gasteiger partial charge in [0.2, 0.25) is 11.6 Å². The molecule has 2 heterocycles. The molecule has 0 aliphatic rings. The van der Waals surface area contributed by atoms with E-state index in [1.165, 1.54) is 0 Å². The molecule has 4 heteroatoms. The second kappa shape index (κ2) is 3.14. The smallest absolute Gasteiger partial charge is 0.247 e. The van der Waals surface area contributed by atoms with Gasteiger partial charge in [-0.1, -0.05) is 0 Å². The molecule has 0 atom stereocenters. The van der Waals surface area contributed by atoms with E-state index in [-0.39, 0.29) is 0 Å². The minimum absolute atomic E-state index is 0.384. The van der Waals surface area contributed by atoms with Crippen LogP contribution in [0, 0.1) is 6.92 Å². The summed E-state index contributed by atoms with van der Waals surface area (Å²) in [4.78, 5) is 8.31. The Labute approximate surface area is 75.6 Å². The van der Waals surface area contributed by atoms with Gasteiger partial charge in [-0.05, 0) is 18.6 Å². The second-order valence-electron chi connectivity index (χ2n) is 2.88. The summed E-state index contributed by atoms with van der Waals surface area (Å²) in [6.45, 7) is 2.35. The summed E-state index contributed by atoms with van der Waals surface area (Å²) in [5, 5.41) is 0. The van der Waals surface area contributed by atoms with E-state index in [0.29, 0.717) is 18.2 Å². The molecule has 13 heavy (non-hydrogen) atoms. The van der Waals surface area contributed by atoms with Crippen LogP contribution in [0.15, 0.2) is 16.7 Å². The van der Waals surface area contributed by atoms with E-state index in [1.807, 2.05) is 13.0 Å². The van der Waals surface area contributed by atoms with Gasteiger partial charge in [0.15, 0.2) is 0 Å². The fraction of sp³-hybridized carbons (Fsp3) is 0.333. The van der Waals surface area contributed by atoms with Crippen LogP contribution in [-0.2, 0) is 11.3 Å². The highest BCUT2D eigenvalue weighted by Crippen LogP contribution is 2.14. The van der Waals surface area contributed by atoms with Crippen LogP contribution < -0.4 is 0 Å². The maximum Gasteiger partial charge on any atom is 0.247 e. The minimum Gasteiger partial charge on any atom is -0.420 e. The fourth-order valence-electron chi connectivity index (χ4n) is 1.15. The van der Waals surface area contributed by atoms with Crippen molar-refractivity contribution < 1.29 is 9.15 Å². The van der Waals surface area contributed by atoms with Crippen molar-refractivity contribution in [3.63, 3.8) is 0 Å². The molecule has 0 saturated carbocycles. The third kappa shape index (κ3) is 1.53. The zero-order valence-electron chi connectivity index (χ0n) is 7.57. The van der Waals surface area contributed by atoms with Crippen molar-refractivity contribution >= 4 is 11.2 Å². The number of aryl methyl sites for hydroxylation is 1. The summed E-state index contributed by atoms with van der Waals surface area (Å²) < 4.78 is 10.2. The van der Waals surface area contributed by atoms with Gasteiger partial charge in [-0.15, -0.1) is 0 Å². The quantitative estimate of drug-likeness (QED) is 0.701. The summed E-state index contributed by atoms with van der Waals surface area (Å²) in [5.41, 5.74) is 2.43. The lowest BCUT2D eigenvalue weighted by atomic mass is 10.3. The van der Waals surface area contributed by atoms with E-state index in [0.717, 1.165) is 11.1 Å². The van der Waals surface area contributed by atoms with E-state index in [1.54, 1.807) is 13.3 Å². The zero-order valence-corrected chi connectivity index (χ0v) is 7.57. The predicted octanol–water partition coefficient (Wildman–Crippen LogP) is 1.68. The molecule has 0 spiro atoms. The topological polar surface area (TPSA) is 48.2 Å². The number of fused-ring (bicyclic) bond motifs is 1. The molecule has 0 aliphatic carbocycles. The Morgan fingerprint density at radius 2 is 2.38 bits per heavy atom. The molecule has 0 aliphatic heterocycles. The van der Waals surface area contributed by atoms with E-state index in [9.17, 15) is 0 Å². The molecule has 0 radical (unpaired) electrons. The van der Waals surface area contributed by atoms with Gasteiger partial charge in [0, 0.05) is 13.3 Å². The summed E-state index contributed by atoms with van der Waals surface area (Å²) in [7, 11) is 1.60. The maximum absolute atomic E-state index is 5.32. The molecule has 0 N–H and O–H groups in total. The van der Waals surface area contributed by atoms with Crippen molar-refractivity contribution in [2.45, 2.75) is 13.5 Å². The molecule has 0 bridgehead atoms. The van der Waals surface area contributed by atoms with Crippen LogP contribution in [0.5, 0.6) is 0 Å². The van der Waals surface area contributed by atoms with Gasteiger partial charge in [0.1, 0.15) is 12.1 Å². The average Bonchev–Trinajstić information content (AvgIpc) is 2.46. The molecule has 0 fully saturated rings. The number of hydrogen-bond donors (Lipinski definition) is 0. The Morgan fingerprint density at radius 1 is 1.54 bits per heavy atom. The first-order chi connectivity index (χ1) is 6.29. The molecule has 0 saturated heterocycles. The number of methoxy groups -OCH3 is 1. The fourth-order valence-corrected chi connectivity index (χ4v) is 1.15. The molecule has 0 amide bonds. The van der Waals surface area contributed by atoms with Crippen molar-refractivity contribution in [3.05, 3.63) is 23.7 Å². The largest absolute Gasteiger partial charge is 0.420 e. The van der Waals surface area contributed by atoms with Gasteiger partial charge < -0.3 is 9.15 Å². The molecule has 0 aromatic carbocycles. The third-order valence-electron chi connectivity index (χ3n) is 1.70. The molecule has 68 valence electrons. The van der Waals surface area contributed by atoms with Crippen molar-refractivity contribution in [1.82, 2.24) is 9.97 Å². The maximum atomic E-state index is 5.32. The lowest BCUT2D eigenvalue weighted by Crippen LogP contribution is -1.85. The van der Waals surface area contributed by atoms with Crippen LogP contribution in [0.4, 0.5) is 0 Å². The Hall–Kier alpha value is -1.42. The molecule has 2 rings (SSSR count). The molecular formula is C9H10N2O2. The third-order valence-corrected chi connectivity index (χ3v) is 1.70. The number of aromatic nitrogens is 2. The average molecular weight is 178 g/mol. The Morgan fingerprint density at radius 3 is 3.15 bits per heavy atom. The van der Waals surface area contributed by atoms with Gasteiger partial charge in [0.05, 0.1) is 0 Å². The van der Waals surface area contributed by atoms with Gasteiger partial charge in [-0.25, -0.2) is 9.97 Å². The van der Waals surface area contributed by atoms with Crippen LogP contribution in [0.2, 0.25) is 0 Å².